The van der Waals surface area contributed by atoms with Gasteiger partial charge in [-0.15, -0.1) is 0 Å². The zero-order valence-electron chi connectivity index (χ0n) is 22.0. The Bertz CT molecular complexity index is 1190. The first kappa shape index (κ1) is 25.3. The number of hydrogen-bond donors (Lipinski definition) is 0. The van der Waals surface area contributed by atoms with E-state index in [2.05, 4.69) is 116 Å². The van der Waals surface area contributed by atoms with E-state index in [0.29, 0.717) is 0 Å². The first-order valence-corrected chi connectivity index (χ1v) is 14.6. The minimum atomic E-state index is -0.843. The van der Waals surface area contributed by atoms with Crippen LogP contribution >= 0.6 is 0 Å². The summed E-state index contributed by atoms with van der Waals surface area (Å²) in [7, 11) is -0.855. The molecule has 0 aliphatic carbocycles. The van der Waals surface area contributed by atoms with Gasteiger partial charge in [0.05, 0.1) is 0 Å². The van der Waals surface area contributed by atoms with Crippen molar-refractivity contribution in [2.75, 3.05) is 0 Å². The zero-order chi connectivity index (χ0) is 25.2. The Hall–Kier alpha value is -1.32. The Morgan fingerprint density at radius 2 is 0.943 bits per heavy atom. The molecule has 0 bridgehead atoms. The molecule has 35 heavy (non-hydrogen) atoms. The van der Waals surface area contributed by atoms with Crippen LogP contribution in [0.25, 0.3) is 20.3 Å². The van der Waals surface area contributed by atoms with Crippen LogP contribution in [0.4, 0.5) is 0 Å². The Balaban J connectivity index is 1.76. The van der Waals surface area contributed by atoms with E-state index in [1.165, 1.54) is 18.2 Å². The van der Waals surface area contributed by atoms with Gasteiger partial charge in [-0.05, 0) is 0 Å². The minimum absolute atomic E-state index is 0.392. The van der Waals surface area contributed by atoms with E-state index < -0.39 is 57.1 Å². The Kier molecular flexibility index (Phi) is 6.24. The normalized spacial score (nSPS) is 22.1. The van der Waals surface area contributed by atoms with E-state index >= 15 is 0 Å². The van der Waals surface area contributed by atoms with Crippen LogP contribution in [0.2, 0.25) is 0 Å². The van der Waals surface area contributed by atoms with Crippen LogP contribution in [0.3, 0.4) is 0 Å². The van der Waals surface area contributed by atoms with Crippen LogP contribution in [0, 0.1) is 0 Å². The molecular formula is C28H34B2O4Te. The van der Waals surface area contributed by atoms with Gasteiger partial charge in [0.15, 0.2) is 0 Å². The molecule has 2 saturated heterocycles. The van der Waals surface area contributed by atoms with Crippen LogP contribution in [-0.2, 0) is 18.6 Å². The van der Waals surface area contributed by atoms with Crippen LogP contribution in [0.5, 0.6) is 0 Å². The van der Waals surface area contributed by atoms with Crippen molar-refractivity contribution < 1.29 is 18.6 Å². The maximum atomic E-state index is 6.67. The molecule has 0 atom stereocenters. The van der Waals surface area contributed by atoms with Gasteiger partial charge < -0.3 is 0 Å². The molecule has 7 heteroatoms. The van der Waals surface area contributed by atoms with Crippen molar-refractivity contribution in [3.05, 3.63) is 60.7 Å². The number of rotatable bonds is 4. The monoisotopic (exact) mass is 586 g/mol. The third-order valence-electron chi connectivity index (χ3n) is 8.03. The molecule has 0 radical (unpaired) electrons. The summed E-state index contributed by atoms with van der Waals surface area (Å²) in [6.07, 6.45) is 0. The number of hydrogen-bond acceptors (Lipinski definition) is 4. The van der Waals surface area contributed by atoms with Gasteiger partial charge >= 0.3 is 221 Å². The summed E-state index contributed by atoms with van der Waals surface area (Å²) in [5, 5.41) is 0. The molecule has 0 saturated carbocycles. The Labute approximate surface area is 220 Å². The average Bonchev–Trinajstić information content (AvgIpc) is 3.36. The van der Waals surface area contributed by atoms with E-state index in [0.717, 1.165) is 11.0 Å². The van der Waals surface area contributed by atoms with Crippen LogP contribution in [-0.4, -0.2) is 57.1 Å². The van der Waals surface area contributed by atoms with Gasteiger partial charge in [-0.2, -0.15) is 0 Å². The second-order valence-electron chi connectivity index (χ2n) is 11.5. The summed E-state index contributed by atoms with van der Waals surface area (Å²) in [5.74, 6) is 0. The molecule has 182 valence electrons. The van der Waals surface area contributed by atoms with Crippen molar-refractivity contribution in [2.45, 2.75) is 77.8 Å². The van der Waals surface area contributed by atoms with Crippen molar-refractivity contribution in [3.8, 4) is 20.3 Å². The topological polar surface area (TPSA) is 36.9 Å². The Morgan fingerprint density at radius 3 is 1.40 bits per heavy atom. The summed E-state index contributed by atoms with van der Waals surface area (Å²) < 4.78 is 29.2. The van der Waals surface area contributed by atoms with E-state index in [1.807, 2.05) is 0 Å². The third-order valence-corrected chi connectivity index (χ3v) is 11.7. The second kappa shape index (κ2) is 8.62. The van der Waals surface area contributed by atoms with E-state index in [9.17, 15) is 0 Å². The van der Waals surface area contributed by atoms with E-state index in [-0.39, 0.29) is 0 Å². The molecule has 2 fully saturated rings. The summed E-state index contributed by atoms with van der Waals surface area (Å²) in [6, 6.07) is 21.2. The molecular weight excluding hydrogens is 550 g/mol. The summed E-state index contributed by atoms with van der Waals surface area (Å²) in [5.41, 5.74) is 3.01. The van der Waals surface area contributed by atoms with Gasteiger partial charge in [-0.25, -0.2) is 0 Å². The predicted octanol–water partition coefficient (Wildman–Crippen LogP) is 4.68. The SMILES string of the molecule is CC1(C)OB(c2[te]c(-c3ccccc3)c(B3OC(C)(C)C(C)(C)O3)c2-c2ccccc2)OC1(C)C. The fourth-order valence-corrected chi connectivity index (χ4v) is 8.19. The quantitative estimate of drug-likeness (QED) is 0.419. The molecule has 4 nitrogen and oxygen atoms in total. The van der Waals surface area contributed by atoms with Crippen molar-refractivity contribution in [3.63, 3.8) is 0 Å². The molecule has 5 rings (SSSR count). The van der Waals surface area contributed by atoms with Crippen molar-refractivity contribution in [1.29, 1.82) is 0 Å². The molecule has 0 spiro atoms. The van der Waals surface area contributed by atoms with Gasteiger partial charge in [0, 0.05) is 0 Å². The molecule has 0 unspecified atom stereocenters. The van der Waals surface area contributed by atoms with Gasteiger partial charge in [-0.3, -0.25) is 0 Å². The summed E-state index contributed by atoms with van der Waals surface area (Å²) in [4.78, 5) is 0. The van der Waals surface area contributed by atoms with Gasteiger partial charge in [0.1, 0.15) is 0 Å². The summed E-state index contributed by atoms with van der Waals surface area (Å²) >= 11 is -0.843. The molecule has 2 aromatic carbocycles. The first-order chi connectivity index (χ1) is 16.3. The van der Waals surface area contributed by atoms with Crippen LogP contribution in [0.1, 0.15) is 55.4 Å². The van der Waals surface area contributed by atoms with Gasteiger partial charge in [0.2, 0.25) is 0 Å². The number of benzene rings is 2. The molecule has 3 aromatic rings. The Morgan fingerprint density at radius 1 is 0.543 bits per heavy atom. The zero-order valence-corrected chi connectivity index (χ0v) is 24.3. The van der Waals surface area contributed by atoms with Crippen molar-refractivity contribution >= 4 is 43.6 Å². The first-order valence-electron chi connectivity index (χ1n) is 12.3. The van der Waals surface area contributed by atoms with Crippen molar-refractivity contribution in [1.82, 2.24) is 0 Å². The maximum absolute atomic E-state index is 6.67. The van der Waals surface area contributed by atoms with Crippen molar-refractivity contribution in [2.24, 2.45) is 0 Å². The molecule has 0 amide bonds. The average molecular weight is 584 g/mol. The fraction of sp³-hybridized carbons (Fsp3) is 0.429. The molecule has 2 aliphatic rings. The third kappa shape index (κ3) is 4.29. The molecule has 1 aromatic heterocycles. The molecule has 3 heterocycles. The predicted molar refractivity (Wildman–Crippen MR) is 146 cm³/mol. The van der Waals surface area contributed by atoms with Gasteiger partial charge in [0.25, 0.3) is 0 Å². The van der Waals surface area contributed by atoms with E-state index in [1.54, 1.807) is 0 Å². The molecule has 0 N–H and O–H groups in total. The van der Waals surface area contributed by atoms with Crippen LogP contribution < -0.4 is 8.94 Å². The van der Waals surface area contributed by atoms with E-state index in [4.69, 9.17) is 18.6 Å². The van der Waals surface area contributed by atoms with Crippen LogP contribution in [0.15, 0.2) is 60.7 Å². The summed E-state index contributed by atoms with van der Waals surface area (Å²) in [6.45, 7) is 16.9. The molecule has 2 aliphatic heterocycles. The van der Waals surface area contributed by atoms with Gasteiger partial charge in [-0.1, -0.05) is 0 Å². The standard InChI is InChI=1S/C28H34B2O4Te/c1-25(2)26(3,4)32-29(31-25)22-21(19-15-11-9-12-16-19)24(30-33-27(5,6)28(7,8)34-30)35-23(22)20-17-13-10-14-18-20/h9-18H,1-8H3. The second-order valence-corrected chi connectivity index (χ2v) is 14.5. The fourth-order valence-electron chi connectivity index (χ4n) is 4.47.